The van der Waals surface area contributed by atoms with E-state index in [2.05, 4.69) is 40.4 Å². The van der Waals surface area contributed by atoms with Crippen LogP contribution >= 0.6 is 11.8 Å². The van der Waals surface area contributed by atoms with Crippen molar-refractivity contribution < 1.29 is 0 Å². The first-order chi connectivity index (χ1) is 12.0. The normalized spacial score (nSPS) is 12.1. The van der Waals surface area contributed by atoms with Gasteiger partial charge in [-0.2, -0.15) is 0 Å². The summed E-state index contributed by atoms with van der Waals surface area (Å²) in [4.78, 5) is 9.30. The highest BCUT2D eigenvalue weighted by molar-refractivity contribution is 7.98. The summed E-state index contributed by atoms with van der Waals surface area (Å²) in [6, 6.07) is 14.0. The fraction of sp³-hybridized carbons (Fsp3) is 0.263. The molecule has 6 heteroatoms. The van der Waals surface area contributed by atoms with E-state index in [1.54, 1.807) is 11.8 Å². The third-order valence-electron chi connectivity index (χ3n) is 3.96. The molecular formula is C19H19N5S. The van der Waals surface area contributed by atoms with Gasteiger partial charge in [0.25, 0.3) is 0 Å². The van der Waals surface area contributed by atoms with E-state index >= 15 is 0 Å². The lowest BCUT2D eigenvalue weighted by Crippen LogP contribution is -2.19. The van der Waals surface area contributed by atoms with Crippen LogP contribution in [0.25, 0.3) is 16.6 Å². The summed E-state index contributed by atoms with van der Waals surface area (Å²) in [6.07, 6.45) is 1.81. The van der Waals surface area contributed by atoms with Gasteiger partial charge in [-0.1, -0.05) is 50.7 Å². The van der Waals surface area contributed by atoms with Crippen LogP contribution in [0.15, 0.2) is 53.8 Å². The molecule has 3 aromatic heterocycles. The van der Waals surface area contributed by atoms with Crippen LogP contribution in [0, 0.1) is 0 Å². The molecule has 3 heterocycles. The molecule has 5 nitrogen and oxygen atoms in total. The minimum absolute atomic E-state index is 0.120. The summed E-state index contributed by atoms with van der Waals surface area (Å²) < 4.78 is 2.09. The van der Waals surface area contributed by atoms with E-state index in [1.165, 1.54) is 0 Å². The van der Waals surface area contributed by atoms with Gasteiger partial charge >= 0.3 is 0 Å². The van der Waals surface area contributed by atoms with Crippen molar-refractivity contribution in [3.05, 3.63) is 60.2 Å². The van der Waals surface area contributed by atoms with E-state index in [9.17, 15) is 0 Å². The number of rotatable bonds is 3. The Bertz CT molecular complexity index is 1030. The molecule has 0 saturated heterocycles. The summed E-state index contributed by atoms with van der Waals surface area (Å²) in [5, 5.41) is 10.8. The SMILES string of the molecule is CC(C)(C)c1nc2ccccc2c2nnc(SCc3ccccn3)n12. The number of fused-ring (bicyclic) bond motifs is 3. The topological polar surface area (TPSA) is 56.0 Å². The van der Waals surface area contributed by atoms with Crippen LogP contribution in [0.1, 0.15) is 32.3 Å². The standard InChI is InChI=1S/C19H19N5S/c1-19(2,3)17-21-15-10-5-4-9-14(15)16-22-23-18(24(16)17)25-12-13-8-6-7-11-20-13/h4-11H,12H2,1-3H3. The van der Waals surface area contributed by atoms with Gasteiger partial charge in [-0.3, -0.25) is 9.38 Å². The maximum absolute atomic E-state index is 4.92. The number of thioether (sulfide) groups is 1. The Kier molecular flexibility index (Phi) is 3.92. The number of para-hydroxylation sites is 1. The Morgan fingerprint density at radius 1 is 1.00 bits per heavy atom. The molecule has 0 bridgehead atoms. The molecule has 0 saturated carbocycles. The van der Waals surface area contributed by atoms with E-state index in [1.807, 2.05) is 48.7 Å². The molecule has 1 aromatic carbocycles. The maximum Gasteiger partial charge on any atom is 0.197 e. The molecule has 126 valence electrons. The maximum atomic E-state index is 4.92. The van der Waals surface area contributed by atoms with E-state index in [-0.39, 0.29) is 5.41 Å². The monoisotopic (exact) mass is 349 g/mol. The van der Waals surface area contributed by atoms with Crippen LogP contribution in [0.4, 0.5) is 0 Å². The fourth-order valence-electron chi connectivity index (χ4n) is 2.78. The molecular weight excluding hydrogens is 330 g/mol. The van der Waals surface area contributed by atoms with Crippen LogP contribution in [-0.4, -0.2) is 24.6 Å². The first-order valence-corrected chi connectivity index (χ1v) is 9.20. The van der Waals surface area contributed by atoms with Crippen molar-refractivity contribution in [3.63, 3.8) is 0 Å². The lowest BCUT2D eigenvalue weighted by molar-refractivity contribution is 0.530. The second kappa shape index (κ2) is 6.11. The third kappa shape index (κ3) is 2.98. The summed E-state index contributed by atoms with van der Waals surface area (Å²) in [5.41, 5.74) is 2.72. The lowest BCUT2D eigenvalue weighted by atomic mass is 9.95. The predicted octanol–water partition coefficient (Wildman–Crippen LogP) is 4.26. The third-order valence-corrected chi connectivity index (χ3v) is 4.93. The molecule has 0 fully saturated rings. The summed E-state index contributed by atoms with van der Waals surface area (Å²) in [6.45, 7) is 6.49. The van der Waals surface area contributed by atoms with Gasteiger partial charge < -0.3 is 0 Å². The lowest BCUT2D eigenvalue weighted by Gasteiger charge is -2.20. The van der Waals surface area contributed by atoms with Crippen molar-refractivity contribution in [1.29, 1.82) is 0 Å². The van der Waals surface area contributed by atoms with Gasteiger partial charge in [0, 0.05) is 22.8 Å². The smallest absolute Gasteiger partial charge is 0.197 e. The largest absolute Gasteiger partial charge is 0.260 e. The van der Waals surface area contributed by atoms with Crippen molar-refractivity contribution in [2.45, 2.75) is 37.1 Å². The zero-order chi connectivity index (χ0) is 17.4. The number of hydrogen-bond acceptors (Lipinski definition) is 5. The van der Waals surface area contributed by atoms with Gasteiger partial charge in [0.05, 0.1) is 11.2 Å². The van der Waals surface area contributed by atoms with Crippen molar-refractivity contribution in [2.24, 2.45) is 0 Å². The number of nitrogens with zero attached hydrogens (tertiary/aromatic N) is 5. The molecule has 0 N–H and O–H groups in total. The van der Waals surface area contributed by atoms with Gasteiger partial charge in [-0.05, 0) is 24.3 Å². The van der Waals surface area contributed by atoms with Gasteiger partial charge in [-0.25, -0.2) is 4.98 Å². The molecule has 25 heavy (non-hydrogen) atoms. The van der Waals surface area contributed by atoms with Crippen LogP contribution in [0.5, 0.6) is 0 Å². The van der Waals surface area contributed by atoms with Gasteiger partial charge in [0.1, 0.15) is 5.82 Å². The molecule has 0 amide bonds. The molecule has 0 aliphatic heterocycles. The Labute approximate surface area is 150 Å². The molecule has 4 aromatic rings. The summed E-state index contributed by atoms with van der Waals surface area (Å²) >= 11 is 1.64. The Balaban J connectivity index is 1.87. The quantitative estimate of drug-likeness (QED) is 0.517. The molecule has 0 spiro atoms. The van der Waals surface area contributed by atoms with Crippen molar-refractivity contribution in [1.82, 2.24) is 24.6 Å². The Hall–Kier alpha value is -2.47. The molecule has 0 aliphatic carbocycles. The summed E-state index contributed by atoms with van der Waals surface area (Å²) in [5.74, 6) is 1.72. The van der Waals surface area contributed by atoms with Crippen LogP contribution in [0.2, 0.25) is 0 Å². The van der Waals surface area contributed by atoms with Crippen LogP contribution < -0.4 is 0 Å². The Morgan fingerprint density at radius 3 is 2.56 bits per heavy atom. The number of hydrogen-bond donors (Lipinski definition) is 0. The van der Waals surface area contributed by atoms with Crippen molar-refractivity contribution in [3.8, 4) is 0 Å². The number of aromatic nitrogens is 5. The molecule has 0 unspecified atom stereocenters. The average Bonchev–Trinajstić information content (AvgIpc) is 3.03. The first-order valence-electron chi connectivity index (χ1n) is 8.21. The van der Waals surface area contributed by atoms with E-state index in [4.69, 9.17) is 4.98 Å². The molecule has 0 radical (unpaired) electrons. The highest BCUT2D eigenvalue weighted by Gasteiger charge is 2.24. The average molecular weight is 349 g/mol. The van der Waals surface area contributed by atoms with Crippen LogP contribution in [-0.2, 0) is 11.2 Å². The second-order valence-electron chi connectivity index (χ2n) is 6.95. The predicted molar refractivity (Wildman–Crippen MR) is 101 cm³/mol. The molecule has 4 rings (SSSR count). The molecule has 0 atom stereocenters. The number of pyridine rings is 1. The minimum atomic E-state index is -0.120. The van der Waals surface area contributed by atoms with Crippen molar-refractivity contribution >= 4 is 28.3 Å². The molecule has 0 aliphatic rings. The summed E-state index contributed by atoms with van der Waals surface area (Å²) in [7, 11) is 0. The zero-order valence-electron chi connectivity index (χ0n) is 14.5. The van der Waals surface area contributed by atoms with Gasteiger partial charge in [0.15, 0.2) is 10.8 Å². The van der Waals surface area contributed by atoms with E-state index in [0.717, 1.165) is 39.0 Å². The van der Waals surface area contributed by atoms with Crippen LogP contribution in [0.3, 0.4) is 0 Å². The highest BCUT2D eigenvalue weighted by Crippen LogP contribution is 2.30. The number of benzene rings is 1. The fourth-order valence-corrected chi connectivity index (χ4v) is 3.63. The van der Waals surface area contributed by atoms with Gasteiger partial charge in [-0.15, -0.1) is 10.2 Å². The van der Waals surface area contributed by atoms with Gasteiger partial charge in [0.2, 0.25) is 0 Å². The minimum Gasteiger partial charge on any atom is -0.260 e. The first kappa shape index (κ1) is 16.0. The van der Waals surface area contributed by atoms with Crippen molar-refractivity contribution in [2.75, 3.05) is 0 Å². The van der Waals surface area contributed by atoms with E-state index in [0.29, 0.717) is 0 Å². The van der Waals surface area contributed by atoms with E-state index < -0.39 is 0 Å². The second-order valence-corrected chi connectivity index (χ2v) is 7.90. The Morgan fingerprint density at radius 2 is 1.80 bits per heavy atom. The highest BCUT2D eigenvalue weighted by atomic mass is 32.2. The zero-order valence-corrected chi connectivity index (χ0v) is 15.3.